The Morgan fingerprint density at radius 2 is 0.750 bits per heavy atom. The summed E-state index contributed by atoms with van der Waals surface area (Å²) in [5, 5.41) is 9.56. The Bertz CT molecular complexity index is 537. The van der Waals surface area contributed by atoms with Crippen LogP contribution in [0.5, 0.6) is 0 Å². The Hall–Kier alpha value is -0.610. The minimum absolute atomic E-state index is 0.163. The molecule has 0 rings (SSSR count). The normalized spacial score (nSPS) is 12.2. The zero-order valence-electron chi connectivity index (χ0n) is 30.2. The quantitative estimate of drug-likeness (QED) is 0.0548. The Morgan fingerprint density at radius 1 is 0.455 bits per heavy atom. The van der Waals surface area contributed by atoms with Gasteiger partial charge in [0.2, 0.25) is 0 Å². The van der Waals surface area contributed by atoms with Crippen LogP contribution in [0.3, 0.4) is 0 Å². The third kappa shape index (κ3) is 35.9. The number of hydrogen-bond acceptors (Lipinski definition) is 4. The number of aliphatic hydroxyl groups is 1. The molecule has 264 valence electrons. The molecule has 0 saturated carbocycles. The number of aliphatic hydroxyl groups excluding tert-OH is 1. The lowest BCUT2D eigenvalue weighted by Gasteiger charge is -2.16. The molecule has 0 heterocycles. The van der Waals surface area contributed by atoms with Gasteiger partial charge in [0, 0.05) is 13.0 Å². The van der Waals surface area contributed by atoms with Gasteiger partial charge in [0.05, 0.1) is 13.2 Å². The van der Waals surface area contributed by atoms with Crippen LogP contribution in [0.1, 0.15) is 226 Å². The van der Waals surface area contributed by atoms with E-state index in [0.717, 1.165) is 19.3 Å². The number of ether oxygens (including phenoxy) is 2. The van der Waals surface area contributed by atoms with Crippen molar-refractivity contribution in [1.29, 1.82) is 0 Å². The number of unbranched alkanes of at least 4 members (excludes halogenated alkanes) is 30. The van der Waals surface area contributed by atoms with Crippen LogP contribution in [0, 0.1) is 0 Å². The third-order valence-electron chi connectivity index (χ3n) is 9.18. The van der Waals surface area contributed by atoms with Crippen LogP contribution in [0.2, 0.25) is 0 Å². The van der Waals surface area contributed by atoms with E-state index in [2.05, 4.69) is 13.8 Å². The highest BCUT2D eigenvalue weighted by Crippen LogP contribution is 2.16. The van der Waals surface area contributed by atoms with E-state index in [1.54, 1.807) is 0 Å². The summed E-state index contributed by atoms with van der Waals surface area (Å²) < 4.78 is 11.1. The lowest BCUT2D eigenvalue weighted by atomic mass is 10.0. The maximum absolute atomic E-state index is 12.1. The molecule has 0 aliphatic rings. The van der Waals surface area contributed by atoms with Crippen molar-refractivity contribution in [3.05, 3.63) is 0 Å². The van der Waals surface area contributed by atoms with E-state index in [-0.39, 0.29) is 12.6 Å². The Morgan fingerprint density at radius 3 is 1.07 bits per heavy atom. The van der Waals surface area contributed by atoms with Crippen molar-refractivity contribution in [2.24, 2.45) is 0 Å². The predicted molar refractivity (Wildman–Crippen MR) is 191 cm³/mol. The van der Waals surface area contributed by atoms with E-state index in [1.165, 1.54) is 186 Å². The largest absolute Gasteiger partial charge is 0.457 e. The van der Waals surface area contributed by atoms with Gasteiger partial charge < -0.3 is 14.6 Å². The first-order chi connectivity index (χ1) is 21.7. The van der Waals surface area contributed by atoms with E-state index in [1.807, 2.05) is 0 Å². The van der Waals surface area contributed by atoms with E-state index < -0.39 is 6.10 Å². The number of rotatable bonds is 38. The van der Waals surface area contributed by atoms with Gasteiger partial charge in [-0.1, -0.05) is 206 Å². The first kappa shape index (κ1) is 43.4. The molecule has 0 aromatic rings. The third-order valence-corrected chi connectivity index (χ3v) is 9.18. The minimum atomic E-state index is -0.523. The fraction of sp³-hybridized carbons (Fsp3) is 0.975. The SMILES string of the molecule is CCCCCCCCCCCCCCCCCCCCCCOCC(CO)OC(=O)CCCCCCCCCCCCCC. The van der Waals surface area contributed by atoms with Crippen LogP contribution in [-0.4, -0.2) is 37.0 Å². The van der Waals surface area contributed by atoms with Crippen molar-refractivity contribution in [3.63, 3.8) is 0 Å². The zero-order valence-corrected chi connectivity index (χ0v) is 30.2. The van der Waals surface area contributed by atoms with Crippen LogP contribution >= 0.6 is 0 Å². The standard InChI is InChI=1S/C40H80O4/c1-3-5-7-9-11-13-15-17-18-19-20-21-22-23-24-26-28-30-32-34-36-43-38-39(37-41)44-40(42)35-33-31-29-27-25-16-14-12-10-8-6-4-2/h39,41H,3-38H2,1-2H3. The molecule has 4 heteroatoms. The molecular formula is C40H80O4. The van der Waals surface area contributed by atoms with Gasteiger partial charge in [-0.15, -0.1) is 0 Å². The van der Waals surface area contributed by atoms with Crippen LogP contribution in [0.15, 0.2) is 0 Å². The molecule has 0 fully saturated rings. The lowest BCUT2D eigenvalue weighted by Crippen LogP contribution is -2.27. The van der Waals surface area contributed by atoms with Gasteiger partial charge in [-0.05, 0) is 12.8 Å². The van der Waals surface area contributed by atoms with Gasteiger partial charge in [-0.2, -0.15) is 0 Å². The van der Waals surface area contributed by atoms with Gasteiger partial charge in [-0.25, -0.2) is 0 Å². The topological polar surface area (TPSA) is 55.8 Å². The number of hydrogen-bond donors (Lipinski definition) is 1. The second-order valence-electron chi connectivity index (χ2n) is 13.7. The van der Waals surface area contributed by atoms with E-state index in [9.17, 15) is 9.90 Å². The van der Waals surface area contributed by atoms with E-state index in [0.29, 0.717) is 19.6 Å². The lowest BCUT2D eigenvalue weighted by molar-refractivity contribution is -0.154. The van der Waals surface area contributed by atoms with Gasteiger partial charge in [-0.3, -0.25) is 4.79 Å². The molecule has 1 atom stereocenters. The fourth-order valence-electron chi connectivity index (χ4n) is 6.15. The summed E-state index contributed by atoms with van der Waals surface area (Å²) in [4.78, 5) is 12.1. The molecule has 0 amide bonds. The summed E-state index contributed by atoms with van der Waals surface area (Å²) in [5.74, 6) is -0.196. The van der Waals surface area contributed by atoms with Crippen LogP contribution in [-0.2, 0) is 14.3 Å². The smallest absolute Gasteiger partial charge is 0.306 e. The first-order valence-electron chi connectivity index (χ1n) is 20.1. The van der Waals surface area contributed by atoms with Crippen molar-refractivity contribution < 1.29 is 19.4 Å². The summed E-state index contributed by atoms with van der Waals surface area (Å²) in [7, 11) is 0. The highest BCUT2D eigenvalue weighted by molar-refractivity contribution is 5.69. The molecule has 0 aromatic carbocycles. The van der Waals surface area contributed by atoms with Gasteiger partial charge in [0.25, 0.3) is 0 Å². The van der Waals surface area contributed by atoms with Crippen LogP contribution < -0.4 is 0 Å². The van der Waals surface area contributed by atoms with Crippen LogP contribution in [0.25, 0.3) is 0 Å². The van der Waals surface area contributed by atoms with E-state index >= 15 is 0 Å². The van der Waals surface area contributed by atoms with Crippen molar-refractivity contribution in [1.82, 2.24) is 0 Å². The van der Waals surface area contributed by atoms with Crippen LogP contribution in [0.4, 0.5) is 0 Å². The average Bonchev–Trinajstić information content (AvgIpc) is 3.03. The summed E-state index contributed by atoms with van der Waals surface area (Å²) in [5.41, 5.74) is 0. The molecule has 0 aromatic heterocycles. The Labute approximate surface area is 276 Å². The molecule has 4 nitrogen and oxygen atoms in total. The Kier molecular flexibility index (Phi) is 38.0. The monoisotopic (exact) mass is 625 g/mol. The Balaban J connectivity index is 3.34. The summed E-state index contributed by atoms with van der Waals surface area (Å²) in [6.45, 7) is 5.39. The molecule has 0 bridgehead atoms. The summed E-state index contributed by atoms with van der Waals surface area (Å²) >= 11 is 0. The summed E-state index contributed by atoms with van der Waals surface area (Å²) in [6.07, 6.45) is 43.0. The summed E-state index contributed by atoms with van der Waals surface area (Å²) in [6, 6.07) is 0. The van der Waals surface area contributed by atoms with Gasteiger partial charge >= 0.3 is 5.97 Å². The second-order valence-corrected chi connectivity index (χ2v) is 13.7. The minimum Gasteiger partial charge on any atom is -0.457 e. The first-order valence-corrected chi connectivity index (χ1v) is 20.1. The fourth-order valence-corrected chi connectivity index (χ4v) is 6.15. The molecule has 1 N–H and O–H groups in total. The predicted octanol–water partition coefficient (Wildman–Crippen LogP) is 12.8. The van der Waals surface area contributed by atoms with E-state index in [4.69, 9.17) is 9.47 Å². The van der Waals surface area contributed by atoms with Crippen molar-refractivity contribution in [2.45, 2.75) is 232 Å². The highest BCUT2D eigenvalue weighted by Gasteiger charge is 2.13. The molecule has 0 saturated heterocycles. The van der Waals surface area contributed by atoms with Gasteiger partial charge in [0.15, 0.2) is 0 Å². The molecule has 0 aliphatic carbocycles. The average molecular weight is 625 g/mol. The maximum atomic E-state index is 12.1. The van der Waals surface area contributed by atoms with Gasteiger partial charge in [0.1, 0.15) is 6.10 Å². The molecular weight excluding hydrogens is 544 g/mol. The molecule has 44 heavy (non-hydrogen) atoms. The number of esters is 1. The second kappa shape index (κ2) is 38.6. The van der Waals surface area contributed by atoms with Crippen molar-refractivity contribution in [2.75, 3.05) is 19.8 Å². The zero-order chi connectivity index (χ0) is 32.0. The molecule has 0 radical (unpaired) electrons. The highest BCUT2D eigenvalue weighted by atomic mass is 16.6. The number of carbonyl (C=O) groups excluding carboxylic acids is 1. The van der Waals surface area contributed by atoms with Crippen molar-refractivity contribution >= 4 is 5.97 Å². The molecule has 0 spiro atoms. The molecule has 1 unspecified atom stereocenters. The maximum Gasteiger partial charge on any atom is 0.306 e. The molecule has 0 aliphatic heterocycles. The van der Waals surface area contributed by atoms with Crippen molar-refractivity contribution in [3.8, 4) is 0 Å². The number of carbonyl (C=O) groups is 1.